The number of nitrogens with zero attached hydrogens (tertiary/aromatic N) is 8. The van der Waals surface area contributed by atoms with E-state index < -0.39 is 48.6 Å². The van der Waals surface area contributed by atoms with Gasteiger partial charge in [-0.25, -0.2) is 0 Å². The van der Waals surface area contributed by atoms with Crippen molar-refractivity contribution in [2.24, 2.45) is 0 Å². The van der Waals surface area contributed by atoms with E-state index in [1.54, 1.807) is 39.2 Å². The van der Waals surface area contributed by atoms with Gasteiger partial charge in [-0.2, -0.15) is 0 Å². The Morgan fingerprint density at radius 2 is 0.333 bits per heavy atom. The number of rotatable bonds is 28. The van der Waals surface area contributed by atoms with Crippen LogP contribution in [0.25, 0.3) is 0 Å². The summed E-state index contributed by atoms with van der Waals surface area (Å²) in [7, 11) is 29.1. The van der Waals surface area contributed by atoms with Crippen LogP contribution in [0.15, 0.2) is 0 Å². The average molecular weight is 1040 g/mol. The summed E-state index contributed by atoms with van der Waals surface area (Å²) in [6.45, 7) is 30.0. The molecule has 0 aromatic rings. The van der Waals surface area contributed by atoms with Gasteiger partial charge in [0.1, 0.15) is 0 Å². The van der Waals surface area contributed by atoms with Gasteiger partial charge < -0.3 is 58.3 Å². The van der Waals surface area contributed by atoms with E-state index in [0.717, 1.165) is 0 Å². The predicted octanol–water partition coefficient (Wildman–Crippen LogP) is 1.20. The van der Waals surface area contributed by atoms with E-state index in [-0.39, 0.29) is 70.5 Å². The van der Waals surface area contributed by atoms with Crippen LogP contribution in [-0.4, -0.2) is 249 Å². The molecule has 0 amide bonds. The van der Waals surface area contributed by atoms with Crippen LogP contribution in [0, 0.1) is 0 Å². The fraction of sp³-hybridized carbons (Fsp3) is 1.00. The van der Waals surface area contributed by atoms with Gasteiger partial charge >= 0.3 is 21.7 Å². The zero-order chi connectivity index (χ0) is 55.2. The molecule has 0 radical (unpaired) electrons. The van der Waals surface area contributed by atoms with Crippen LogP contribution in [0.5, 0.6) is 0 Å². The molecule has 20 nitrogen and oxygen atoms in total. The maximum atomic E-state index is 12.3. The van der Waals surface area contributed by atoms with Crippen LogP contribution in [0.3, 0.4) is 0 Å². The molecule has 69 heavy (non-hydrogen) atoms. The molecule has 4 unspecified atom stereocenters. The molecule has 0 N–H and O–H groups in total. The van der Waals surface area contributed by atoms with Crippen LogP contribution in [0.2, 0.25) is 0 Å². The third kappa shape index (κ3) is 25.3. The van der Waals surface area contributed by atoms with E-state index in [1.807, 2.05) is 224 Å². The Balaban J connectivity index is -0.000000263. The second kappa shape index (κ2) is 36.0. The third-order valence-corrected chi connectivity index (χ3v) is 9.57. The van der Waals surface area contributed by atoms with Crippen LogP contribution >= 0.6 is 0 Å². The van der Waals surface area contributed by atoms with Gasteiger partial charge in [-0.15, -0.1) is 0 Å². The monoisotopic (exact) mass is 1040 g/mol. The second-order valence-corrected chi connectivity index (χ2v) is 20.5. The predicted molar refractivity (Wildman–Crippen MR) is 265 cm³/mol. The van der Waals surface area contributed by atoms with Crippen molar-refractivity contribution in [3.63, 3.8) is 0 Å². The third-order valence-electron chi connectivity index (χ3n) is 9.57. The molecule has 0 heterocycles. The molecule has 21 heteroatoms. The molecule has 0 rings (SSSR count). The minimum atomic E-state index is -1.30. The van der Waals surface area contributed by atoms with Gasteiger partial charge in [-0.1, -0.05) is 0 Å². The molecule has 0 bridgehead atoms. The summed E-state index contributed by atoms with van der Waals surface area (Å²) in [6.07, 6.45) is -5.97. The Kier molecular flexibility index (Phi) is 40.6. The first kappa shape index (κ1) is 77.8. The van der Waals surface area contributed by atoms with Gasteiger partial charge in [-0.3, -0.25) is 39.2 Å². The van der Waals surface area contributed by atoms with E-state index in [0.29, 0.717) is 0 Å². The summed E-state index contributed by atoms with van der Waals surface area (Å²) < 4.78 is 44.9. The van der Waals surface area contributed by atoms with Gasteiger partial charge in [0.15, 0.2) is 23.4 Å². The Morgan fingerprint density at radius 3 is 0.391 bits per heavy atom. The normalized spacial score (nSPS) is 15.1. The van der Waals surface area contributed by atoms with Crippen molar-refractivity contribution in [2.75, 3.05) is 113 Å². The summed E-state index contributed by atoms with van der Waals surface area (Å²) in [5.41, 5.74) is 0. The standard InChI is InChI=1S/4C12H27N2O3.Ti/c4*1-9(2)16-11(15)12(13(5)6,14(7)8)17-10(3)4;/h4*9-11H,1-8H3;/q4*-1;+4. The van der Waals surface area contributed by atoms with E-state index in [9.17, 15) is 20.4 Å². The first-order valence-electron chi connectivity index (χ1n) is 23.9. The molecule has 0 spiro atoms. The zero-order valence-corrected chi connectivity index (χ0v) is 51.5. The smallest absolute Gasteiger partial charge is 0.827 e. The van der Waals surface area contributed by atoms with Crippen molar-refractivity contribution in [1.82, 2.24) is 39.2 Å². The van der Waals surface area contributed by atoms with Gasteiger partial charge in [0, 0.05) is 25.2 Å². The van der Waals surface area contributed by atoms with E-state index in [1.165, 1.54) is 0 Å². The number of hydrogen-bond donors (Lipinski definition) is 0. The SMILES string of the molecule is CC(C)OC([O-])C(OC(C)C)(N(C)C)N(C)C.CC(C)OC([O-])C(OC(C)C)(N(C)C)N(C)C.CC(C)OC([O-])C(OC(C)C)(N(C)C)N(C)C.CC(C)OC([O-])C(OC(C)C)(N(C)C)N(C)C.[Ti+4]. The number of ether oxygens (including phenoxy) is 8. The van der Waals surface area contributed by atoms with E-state index in [4.69, 9.17) is 37.9 Å². The number of hydrogen-bond acceptors (Lipinski definition) is 20. The average Bonchev–Trinajstić information content (AvgIpc) is 3.11. The first-order valence-corrected chi connectivity index (χ1v) is 23.9. The molecule has 4 atom stereocenters. The molecule has 0 aromatic carbocycles. The molecule has 0 aliphatic rings. The minimum Gasteiger partial charge on any atom is -0.827 e. The Morgan fingerprint density at radius 1 is 0.232 bits per heavy atom. The Labute approximate surface area is 438 Å². The number of likely N-dealkylation sites (N-methyl/N-ethyl adjacent to an activating group) is 8. The zero-order valence-electron chi connectivity index (χ0n) is 49.9. The molecule has 0 saturated heterocycles. The molecule has 0 aromatic heterocycles. The van der Waals surface area contributed by atoms with E-state index in [2.05, 4.69) is 0 Å². The summed E-state index contributed by atoms with van der Waals surface area (Å²) in [5.74, 6) is -4.40. The topological polar surface area (TPSA) is 192 Å². The van der Waals surface area contributed by atoms with Crippen molar-refractivity contribution >= 4 is 0 Å². The maximum absolute atomic E-state index is 12.3. The van der Waals surface area contributed by atoms with Crippen LogP contribution in [0.1, 0.15) is 111 Å². The largest absolute Gasteiger partial charge is 4.00 e. The van der Waals surface area contributed by atoms with Crippen LogP contribution in [0.4, 0.5) is 0 Å². The van der Waals surface area contributed by atoms with Crippen molar-refractivity contribution < 1.29 is 80.0 Å². The molecular formula is C48H108N8O12Ti. The summed E-state index contributed by atoms with van der Waals surface area (Å²) >= 11 is 0. The molecule has 0 aliphatic carbocycles. The quantitative estimate of drug-likeness (QED) is 0.0802. The van der Waals surface area contributed by atoms with Crippen molar-refractivity contribution in [3.05, 3.63) is 0 Å². The van der Waals surface area contributed by atoms with Gasteiger partial charge in [0.05, 0.1) is 48.8 Å². The Bertz CT molecular complexity index is 1030. The maximum Gasteiger partial charge on any atom is 4.00 e. The summed E-state index contributed by atoms with van der Waals surface area (Å²) in [4.78, 5) is 14.1. The molecule has 0 fully saturated rings. The van der Waals surface area contributed by atoms with Crippen molar-refractivity contribution in [1.29, 1.82) is 0 Å². The molecule has 416 valence electrons. The van der Waals surface area contributed by atoms with Gasteiger partial charge in [0.25, 0.3) is 0 Å². The second-order valence-electron chi connectivity index (χ2n) is 20.5. The summed E-state index contributed by atoms with van der Waals surface area (Å²) in [5, 5.41) is 49.4. The summed E-state index contributed by atoms with van der Waals surface area (Å²) in [6, 6.07) is 0. The molecule has 0 aliphatic heterocycles. The van der Waals surface area contributed by atoms with Crippen molar-refractivity contribution in [3.8, 4) is 0 Å². The van der Waals surface area contributed by atoms with Gasteiger partial charge in [-0.05, 0) is 224 Å². The van der Waals surface area contributed by atoms with Gasteiger partial charge in [0.2, 0.25) is 0 Å². The molecular weight excluding hydrogens is 928 g/mol. The first-order chi connectivity index (χ1) is 30.6. The Hall–Kier alpha value is -0.0857. The van der Waals surface area contributed by atoms with Crippen molar-refractivity contribution in [2.45, 2.75) is 208 Å². The van der Waals surface area contributed by atoms with Crippen LogP contribution in [-0.2, 0) is 59.6 Å². The van der Waals surface area contributed by atoms with E-state index >= 15 is 0 Å². The fourth-order valence-corrected chi connectivity index (χ4v) is 7.08. The minimum absolute atomic E-state index is 0. The fourth-order valence-electron chi connectivity index (χ4n) is 7.08. The van der Waals surface area contributed by atoms with Crippen LogP contribution < -0.4 is 20.4 Å². The molecule has 0 saturated carbocycles.